The van der Waals surface area contributed by atoms with Crippen molar-refractivity contribution < 1.29 is 133 Å². The van der Waals surface area contributed by atoms with Crippen LogP contribution < -0.4 is 59.1 Å². The summed E-state index contributed by atoms with van der Waals surface area (Å²) in [6.45, 7) is 0.340. The zero-order valence-electron chi connectivity index (χ0n) is 51.3. The van der Waals surface area contributed by atoms with Gasteiger partial charge in [-0.1, -0.05) is 134 Å². The molecule has 85 heavy (non-hydrogen) atoms. The standard InChI is InChI=1S/C17H21FO2.C17H22O3.C17H20O3.C10H15FO2.CH2Cl2.2CH4O.B.H2NO.2Na.H/c3*18-12-4-7-14-8-10-16(11-9-14)17(19)20-13-15-5-2-1-3-6-15;11-7-1-2-8-3-5-9(6-4-8)10(12)13;2-1-3;2*1-2;;1-2;;;/h1-7,14,16H,8-13H2;1-7,14,16,18H,8-13H2;1-7,12,14,16H,8-11,13H2;1-2,8-9H,3-7H2,(H,12,13);1H2;2*2H,1H3;;1-2H;;;/q;;;;;;;;-1;2*+1;-1/b3*7-4+;2-1+;;;;;;;;. The molecule has 3 radical (unpaired) electrons. The summed E-state index contributed by atoms with van der Waals surface area (Å²) < 4.78 is 40.0. The Kier molecular flexibility index (Phi) is 62.8. The van der Waals surface area contributed by atoms with Gasteiger partial charge in [0, 0.05) is 22.6 Å². The van der Waals surface area contributed by atoms with E-state index in [9.17, 15) is 32.8 Å². The van der Waals surface area contributed by atoms with Gasteiger partial charge in [-0.2, -0.15) is 0 Å². The Morgan fingerprint density at radius 3 is 0.976 bits per heavy atom. The number of carboxylic acids is 1. The number of nitrogens with one attached hydrogen (secondary N) is 1. The Bertz CT molecular complexity index is 2100. The van der Waals surface area contributed by atoms with Gasteiger partial charge in [-0.15, -0.1) is 23.2 Å². The molecule has 463 valence electrons. The van der Waals surface area contributed by atoms with Crippen LogP contribution in [0.15, 0.2) is 140 Å². The first-order chi connectivity index (χ1) is 40.0. The molecule has 0 atom stereocenters. The van der Waals surface area contributed by atoms with E-state index in [1.807, 2.05) is 109 Å². The van der Waals surface area contributed by atoms with Gasteiger partial charge in [-0.05, 0) is 149 Å². The Morgan fingerprint density at radius 2 is 0.741 bits per heavy atom. The van der Waals surface area contributed by atoms with Crippen LogP contribution in [-0.2, 0) is 58.0 Å². The second-order valence-corrected chi connectivity index (χ2v) is 20.3. The maximum Gasteiger partial charge on any atom is 1.00 e. The third kappa shape index (κ3) is 42.9. The number of alkyl halides is 4. The summed E-state index contributed by atoms with van der Waals surface area (Å²) in [6.07, 6.45) is 29.2. The minimum atomic E-state index is -0.687. The number of esters is 3. The van der Waals surface area contributed by atoms with E-state index in [0.717, 1.165) is 140 Å². The van der Waals surface area contributed by atoms with E-state index < -0.39 is 19.3 Å². The number of halogens is 4. The molecule has 0 bridgehead atoms. The van der Waals surface area contributed by atoms with Gasteiger partial charge in [-0.3, -0.25) is 24.0 Å². The fourth-order valence-electron chi connectivity index (χ4n) is 9.68. The van der Waals surface area contributed by atoms with Crippen molar-refractivity contribution in [2.45, 2.75) is 123 Å². The normalized spacial score (nSPS) is 21.0. The van der Waals surface area contributed by atoms with Crippen LogP contribution in [0.2, 0.25) is 0 Å². The number of aliphatic carboxylic acids is 1. The van der Waals surface area contributed by atoms with Gasteiger partial charge in [0.25, 0.3) is 0 Å². The average Bonchev–Trinajstić information content (AvgIpc) is 3.68. The average molecular weight is 1250 g/mol. The van der Waals surface area contributed by atoms with Gasteiger partial charge in [0.15, 0.2) is 0 Å². The molecule has 0 spiro atoms. The Balaban J connectivity index is -0.000000322. The number of aldehydes is 1. The van der Waals surface area contributed by atoms with Crippen LogP contribution >= 0.6 is 23.2 Å². The molecule has 0 amide bonds. The van der Waals surface area contributed by atoms with Gasteiger partial charge in [-0.25, -0.2) is 8.78 Å². The number of hydrogen-bond acceptors (Lipinski definition) is 12. The number of carbonyl (C=O) groups is 5. The van der Waals surface area contributed by atoms with E-state index in [1.165, 1.54) is 6.08 Å². The van der Waals surface area contributed by atoms with Gasteiger partial charge < -0.3 is 47.2 Å². The van der Waals surface area contributed by atoms with E-state index in [0.29, 0.717) is 43.5 Å². The number of carbonyl (C=O) groups excluding carboxylic acids is 4. The summed E-state index contributed by atoms with van der Waals surface area (Å²) >= 11 is 9.53. The topological polar surface area (TPSA) is 238 Å². The summed E-state index contributed by atoms with van der Waals surface area (Å²) in [5.74, 6) is 5.44. The monoisotopic (exact) mass is 1250 g/mol. The smallest absolute Gasteiger partial charge is 1.00 e. The first-order valence-corrected chi connectivity index (χ1v) is 29.0. The van der Waals surface area contributed by atoms with Gasteiger partial charge in [0.05, 0.1) is 35.6 Å². The Labute approximate surface area is 562 Å². The molecule has 0 unspecified atom stereocenters. The summed E-state index contributed by atoms with van der Waals surface area (Å²) in [7, 11) is 2.00. The van der Waals surface area contributed by atoms with Crippen molar-refractivity contribution >= 4 is 61.8 Å². The molecule has 0 aromatic heterocycles. The van der Waals surface area contributed by atoms with Crippen LogP contribution in [0.1, 0.15) is 121 Å². The van der Waals surface area contributed by atoms with Crippen LogP contribution in [0.4, 0.5) is 8.78 Å². The van der Waals surface area contributed by atoms with E-state index in [1.54, 1.807) is 18.2 Å². The van der Waals surface area contributed by atoms with Crippen molar-refractivity contribution in [3.8, 4) is 0 Å². The Hall–Kier alpha value is -3.53. The van der Waals surface area contributed by atoms with Crippen LogP contribution in [0.5, 0.6) is 0 Å². The molecule has 14 nitrogen and oxygen atoms in total. The minimum absolute atomic E-state index is 0. The van der Waals surface area contributed by atoms with Gasteiger partial charge in [0.2, 0.25) is 0 Å². The van der Waals surface area contributed by atoms with E-state index in [4.69, 9.17) is 68.9 Å². The molecule has 3 aromatic carbocycles. The predicted octanol–water partition coefficient (Wildman–Crippen LogP) is 7.65. The van der Waals surface area contributed by atoms with Crippen molar-refractivity contribution in [2.24, 2.45) is 47.3 Å². The first-order valence-electron chi connectivity index (χ1n) is 28.0. The minimum Gasteiger partial charge on any atom is -1.00 e. The molecule has 0 heterocycles. The van der Waals surface area contributed by atoms with Crippen LogP contribution in [0, 0.1) is 47.3 Å². The zero-order valence-corrected chi connectivity index (χ0v) is 55.8. The number of aliphatic hydroxyl groups is 3. The van der Waals surface area contributed by atoms with Crippen molar-refractivity contribution in [3.05, 3.63) is 162 Å². The number of rotatable bonds is 18. The maximum absolute atomic E-state index is 12.1. The molecular weight excluding hydrogens is 1160 g/mol. The summed E-state index contributed by atoms with van der Waals surface area (Å²) in [5, 5.41) is 37.9. The molecule has 4 aliphatic carbocycles. The fourth-order valence-corrected chi connectivity index (χ4v) is 9.68. The molecule has 21 heteroatoms. The van der Waals surface area contributed by atoms with Crippen LogP contribution in [0.25, 0.3) is 5.90 Å². The quantitative estimate of drug-likeness (QED) is 0.0120. The third-order valence-corrected chi connectivity index (χ3v) is 14.1. The van der Waals surface area contributed by atoms with Crippen molar-refractivity contribution in [3.63, 3.8) is 0 Å². The first kappa shape index (κ1) is 87.9. The summed E-state index contributed by atoms with van der Waals surface area (Å²) in [5.41, 5.74) is 3.06. The summed E-state index contributed by atoms with van der Waals surface area (Å²) in [6, 6.07) is 29.2. The molecular formula is C64H91BCl2F2NNa2O13. The fraction of sp³-hybridized carbons (Fsp3) is 0.516. The number of benzene rings is 3. The Morgan fingerprint density at radius 1 is 0.494 bits per heavy atom. The molecule has 4 fully saturated rings. The molecule has 4 saturated carbocycles. The summed E-state index contributed by atoms with van der Waals surface area (Å²) in [4.78, 5) is 56.9. The molecule has 0 aliphatic heterocycles. The molecule has 6 N–H and O–H groups in total. The van der Waals surface area contributed by atoms with Gasteiger partial charge in [0.1, 0.15) is 39.5 Å². The second-order valence-electron chi connectivity index (χ2n) is 19.5. The number of allylic oxidation sites excluding steroid dienone is 7. The molecule has 4 aliphatic rings. The van der Waals surface area contributed by atoms with Crippen molar-refractivity contribution in [1.82, 2.24) is 0 Å². The van der Waals surface area contributed by atoms with Crippen molar-refractivity contribution in [2.75, 3.05) is 39.5 Å². The predicted molar refractivity (Wildman–Crippen MR) is 326 cm³/mol. The van der Waals surface area contributed by atoms with Crippen LogP contribution in [-0.4, -0.2) is 104 Å². The number of aliphatic hydroxyl groups excluding tert-OH is 3. The maximum atomic E-state index is 12.1. The largest absolute Gasteiger partial charge is 1.00 e. The van der Waals surface area contributed by atoms with Crippen molar-refractivity contribution in [1.29, 1.82) is 0 Å². The zero-order chi connectivity index (χ0) is 61.0. The van der Waals surface area contributed by atoms with Gasteiger partial charge >= 0.3 is 83.0 Å². The third-order valence-electron chi connectivity index (χ3n) is 14.1. The number of hydrogen-bond donors (Lipinski definition) is 5. The molecule has 3 aromatic rings. The van der Waals surface area contributed by atoms with E-state index in [2.05, 4.69) is 6.08 Å². The van der Waals surface area contributed by atoms with E-state index in [-0.39, 0.29) is 122 Å². The SMILES string of the molecule is CO.CO.ClCCl.O=C(O)C1CCC(/C=C/CF)CC1.O=C(OCc1ccccc1)C1CCC(/C=C/CF)CC1.O=C(OCc1ccccc1)C1CCC(/C=C/CO)CC1.O=C/C=C/C1CCC(C(=O)OCc2ccccc2)CC1.[B].[H-].[NH-]O.[Na+].[Na+]. The van der Waals surface area contributed by atoms with E-state index >= 15 is 0 Å². The van der Waals surface area contributed by atoms with Crippen LogP contribution in [0.3, 0.4) is 0 Å². The number of ether oxygens (including phenoxy) is 3. The second kappa shape index (κ2) is 60.7. The number of carboxylic acid groups (broad SMARTS) is 1. The molecule has 0 saturated heterocycles. The molecule has 7 rings (SSSR count).